The molecule has 2 aromatic heterocycles. The smallest absolute Gasteiger partial charge is 0.336 e. The normalized spacial score (nSPS) is 10.7. The molecule has 106 valence electrons. The topological polar surface area (TPSA) is 88.2 Å². The maximum atomic E-state index is 11.2. The van der Waals surface area contributed by atoms with Crippen LogP contribution >= 0.6 is 0 Å². The van der Waals surface area contributed by atoms with Crippen LogP contribution in [0.15, 0.2) is 40.9 Å². The summed E-state index contributed by atoms with van der Waals surface area (Å²) in [6.45, 7) is 2.33. The van der Waals surface area contributed by atoms with Gasteiger partial charge < -0.3 is 14.9 Å². The van der Waals surface area contributed by atoms with E-state index in [9.17, 15) is 4.79 Å². The Labute approximate surface area is 120 Å². The second kappa shape index (κ2) is 5.24. The highest BCUT2D eigenvalue weighted by Gasteiger charge is 2.09. The van der Waals surface area contributed by atoms with E-state index in [2.05, 4.69) is 15.5 Å². The van der Waals surface area contributed by atoms with Crippen LogP contribution in [0.5, 0.6) is 0 Å². The van der Waals surface area contributed by atoms with Gasteiger partial charge in [-0.15, -0.1) is 0 Å². The molecule has 0 unspecified atom stereocenters. The zero-order valence-electron chi connectivity index (χ0n) is 11.3. The standard InChI is InChI=1S/C15H13N3O3/c1-9-7-10(21-18-9)8-16-14-6-5-11-12(15(19)20)3-2-4-13(11)17-14/h2-7H,8H2,1H3,(H,16,17)(H,19,20). The molecule has 6 nitrogen and oxygen atoms in total. The Morgan fingerprint density at radius 1 is 1.33 bits per heavy atom. The van der Waals surface area contributed by atoms with Crippen molar-refractivity contribution in [3.63, 3.8) is 0 Å². The molecule has 0 fully saturated rings. The summed E-state index contributed by atoms with van der Waals surface area (Å²) < 4.78 is 5.11. The molecule has 6 heteroatoms. The molecule has 1 aromatic carbocycles. The summed E-state index contributed by atoms with van der Waals surface area (Å²) in [6, 6.07) is 10.4. The molecule has 0 atom stereocenters. The highest BCUT2D eigenvalue weighted by Crippen LogP contribution is 2.20. The maximum absolute atomic E-state index is 11.2. The average Bonchev–Trinajstić information content (AvgIpc) is 2.89. The summed E-state index contributed by atoms with van der Waals surface area (Å²) in [6.07, 6.45) is 0. The number of rotatable bonds is 4. The van der Waals surface area contributed by atoms with Gasteiger partial charge in [0.15, 0.2) is 5.76 Å². The minimum atomic E-state index is -0.958. The molecular weight excluding hydrogens is 270 g/mol. The minimum absolute atomic E-state index is 0.248. The van der Waals surface area contributed by atoms with Gasteiger partial charge in [-0.1, -0.05) is 11.2 Å². The number of hydrogen-bond acceptors (Lipinski definition) is 5. The summed E-state index contributed by atoms with van der Waals surface area (Å²) in [5.74, 6) is 0.410. The Kier molecular flexibility index (Phi) is 3.27. The molecule has 0 aliphatic rings. The predicted octanol–water partition coefficient (Wildman–Crippen LogP) is 2.84. The number of anilines is 1. The molecule has 21 heavy (non-hydrogen) atoms. The Balaban J connectivity index is 1.86. The van der Waals surface area contributed by atoms with E-state index in [1.54, 1.807) is 30.3 Å². The number of hydrogen-bond donors (Lipinski definition) is 2. The Bertz CT molecular complexity index is 811. The van der Waals surface area contributed by atoms with E-state index in [0.29, 0.717) is 29.0 Å². The molecule has 0 saturated heterocycles. The Morgan fingerprint density at radius 3 is 2.90 bits per heavy atom. The number of aryl methyl sites for hydroxylation is 1. The lowest BCUT2D eigenvalue weighted by Crippen LogP contribution is -2.02. The average molecular weight is 283 g/mol. The van der Waals surface area contributed by atoms with Gasteiger partial charge in [-0.25, -0.2) is 9.78 Å². The number of aromatic carboxylic acids is 1. The molecule has 3 rings (SSSR count). The van der Waals surface area contributed by atoms with E-state index in [1.165, 1.54) is 0 Å². The first-order valence-electron chi connectivity index (χ1n) is 6.42. The highest BCUT2D eigenvalue weighted by atomic mass is 16.5. The highest BCUT2D eigenvalue weighted by molar-refractivity contribution is 6.02. The van der Waals surface area contributed by atoms with Crippen LogP contribution in [0, 0.1) is 6.92 Å². The molecule has 2 N–H and O–H groups in total. The first kappa shape index (κ1) is 13.1. The van der Waals surface area contributed by atoms with Crippen molar-refractivity contribution in [3.8, 4) is 0 Å². The first-order valence-corrected chi connectivity index (χ1v) is 6.42. The lowest BCUT2D eigenvalue weighted by molar-refractivity contribution is 0.0699. The third-order valence-electron chi connectivity index (χ3n) is 3.08. The number of nitrogens with one attached hydrogen (secondary N) is 1. The van der Waals surface area contributed by atoms with Crippen molar-refractivity contribution in [2.75, 3.05) is 5.32 Å². The molecule has 0 saturated carbocycles. The van der Waals surface area contributed by atoms with Gasteiger partial charge in [0.2, 0.25) is 0 Å². The van der Waals surface area contributed by atoms with Crippen molar-refractivity contribution in [2.24, 2.45) is 0 Å². The minimum Gasteiger partial charge on any atom is -0.478 e. The zero-order valence-corrected chi connectivity index (χ0v) is 11.3. The molecular formula is C15H13N3O3. The molecule has 0 aliphatic heterocycles. The van der Waals surface area contributed by atoms with E-state index < -0.39 is 5.97 Å². The second-order valence-electron chi connectivity index (χ2n) is 4.66. The van der Waals surface area contributed by atoms with Crippen LogP contribution < -0.4 is 5.32 Å². The first-order chi connectivity index (χ1) is 10.1. The molecule has 0 amide bonds. The van der Waals surface area contributed by atoms with Crippen LogP contribution in [0.3, 0.4) is 0 Å². The molecule has 3 aromatic rings. The number of pyridine rings is 1. The SMILES string of the molecule is Cc1cc(CNc2ccc3c(C(=O)O)cccc3n2)on1. The third kappa shape index (κ3) is 2.69. The van der Waals surface area contributed by atoms with Gasteiger partial charge in [0.25, 0.3) is 0 Å². The van der Waals surface area contributed by atoms with Crippen LogP contribution in [0.25, 0.3) is 10.9 Å². The van der Waals surface area contributed by atoms with Gasteiger partial charge in [0.05, 0.1) is 23.3 Å². The Hall–Kier alpha value is -2.89. The number of carboxylic acid groups (broad SMARTS) is 1. The van der Waals surface area contributed by atoms with Crippen molar-refractivity contribution in [1.82, 2.24) is 10.1 Å². The van der Waals surface area contributed by atoms with E-state index in [-0.39, 0.29) is 5.56 Å². The number of carbonyl (C=O) groups is 1. The van der Waals surface area contributed by atoms with Crippen molar-refractivity contribution in [3.05, 3.63) is 53.4 Å². The maximum Gasteiger partial charge on any atom is 0.336 e. The number of benzene rings is 1. The van der Waals surface area contributed by atoms with Crippen molar-refractivity contribution < 1.29 is 14.4 Å². The number of nitrogens with zero attached hydrogens (tertiary/aromatic N) is 2. The van der Waals surface area contributed by atoms with E-state index in [0.717, 1.165) is 5.69 Å². The second-order valence-corrected chi connectivity index (χ2v) is 4.66. The third-order valence-corrected chi connectivity index (χ3v) is 3.08. The molecule has 0 bridgehead atoms. The van der Waals surface area contributed by atoms with Gasteiger partial charge in [0.1, 0.15) is 5.82 Å². The number of fused-ring (bicyclic) bond motifs is 1. The predicted molar refractivity (Wildman–Crippen MR) is 77.3 cm³/mol. The molecule has 0 spiro atoms. The van der Waals surface area contributed by atoms with Gasteiger partial charge in [-0.3, -0.25) is 0 Å². The fourth-order valence-corrected chi connectivity index (χ4v) is 2.12. The summed E-state index contributed by atoms with van der Waals surface area (Å²) in [4.78, 5) is 15.6. The zero-order chi connectivity index (χ0) is 14.8. The molecule has 2 heterocycles. The number of aromatic nitrogens is 2. The summed E-state index contributed by atoms with van der Waals surface area (Å²) in [7, 11) is 0. The van der Waals surface area contributed by atoms with E-state index in [1.807, 2.05) is 13.0 Å². The van der Waals surface area contributed by atoms with Gasteiger partial charge in [-0.2, -0.15) is 0 Å². The fourth-order valence-electron chi connectivity index (χ4n) is 2.12. The summed E-state index contributed by atoms with van der Waals surface area (Å²) in [5, 5.41) is 16.7. The van der Waals surface area contributed by atoms with Crippen molar-refractivity contribution in [2.45, 2.75) is 13.5 Å². The quantitative estimate of drug-likeness (QED) is 0.765. The van der Waals surface area contributed by atoms with Crippen LogP contribution in [0.4, 0.5) is 5.82 Å². The van der Waals surface area contributed by atoms with Crippen LogP contribution in [0.2, 0.25) is 0 Å². The van der Waals surface area contributed by atoms with Crippen molar-refractivity contribution >= 4 is 22.7 Å². The molecule has 0 aliphatic carbocycles. The Morgan fingerprint density at radius 2 is 2.19 bits per heavy atom. The van der Waals surface area contributed by atoms with E-state index in [4.69, 9.17) is 9.63 Å². The van der Waals surface area contributed by atoms with Gasteiger partial charge in [0, 0.05) is 11.5 Å². The number of carboxylic acids is 1. The largest absolute Gasteiger partial charge is 0.478 e. The van der Waals surface area contributed by atoms with Gasteiger partial charge >= 0.3 is 5.97 Å². The van der Waals surface area contributed by atoms with Gasteiger partial charge in [-0.05, 0) is 31.2 Å². The van der Waals surface area contributed by atoms with E-state index >= 15 is 0 Å². The van der Waals surface area contributed by atoms with Crippen molar-refractivity contribution in [1.29, 1.82) is 0 Å². The lowest BCUT2D eigenvalue weighted by atomic mass is 10.1. The summed E-state index contributed by atoms with van der Waals surface area (Å²) in [5.41, 5.74) is 1.70. The monoisotopic (exact) mass is 283 g/mol. The molecule has 0 radical (unpaired) electrons. The summed E-state index contributed by atoms with van der Waals surface area (Å²) >= 11 is 0. The lowest BCUT2D eigenvalue weighted by Gasteiger charge is -2.06. The van der Waals surface area contributed by atoms with Crippen LogP contribution in [0.1, 0.15) is 21.8 Å². The van der Waals surface area contributed by atoms with Crippen LogP contribution in [-0.2, 0) is 6.54 Å². The van der Waals surface area contributed by atoms with Crippen LogP contribution in [-0.4, -0.2) is 21.2 Å². The fraction of sp³-hybridized carbons (Fsp3) is 0.133.